The molecular weight excluding hydrogens is 871 g/mol. The zero-order chi connectivity index (χ0) is 51.7. The summed E-state index contributed by atoms with van der Waals surface area (Å²) in [5.74, 6) is 1.66. The summed E-state index contributed by atoms with van der Waals surface area (Å²) in [6.45, 7) is 46.8. The quantitative estimate of drug-likeness (QED) is 0.0246. The van der Waals surface area contributed by atoms with Gasteiger partial charge in [0.15, 0.2) is 0 Å². The number of hydrogen-bond donors (Lipinski definition) is 5. The zero-order valence-corrected chi connectivity index (χ0v) is 46.0. The van der Waals surface area contributed by atoms with Gasteiger partial charge in [0.2, 0.25) is 0 Å². The molecule has 6 heteroatoms. The maximum atomic E-state index is 4.35. The maximum absolute atomic E-state index is 4.35. The molecule has 70 heavy (non-hydrogen) atoms. The first-order valence-electron chi connectivity index (χ1n) is 26.3. The number of anilines is 1. The average molecular weight is 967 g/mol. The van der Waals surface area contributed by atoms with Crippen LogP contribution in [0.1, 0.15) is 161 Å². The minimum atomic E-state index is 0.153. The first kappa shape index (κ1) is 60.9. The lowest BCUT2D eigenvalue weighted by atomic mass is 9.96. The number of nitrogens with zero attached hydrogens (tertiary/aromatic N) is 1. The fourth-order valence-corrected chi connectivity index (χ4v) is 8.45. The second-order valence-corrected chi connectivity index (χ2v) is 20.3. The number of hydrogen-bond acceptors (Lipinski definition) is 6. The molecule has 0 bridgehead atoms. The van der Waals surface area contributed by atoms with Crippen LogP contribution in [-0.4, -0.2) is 31.1 Å². The van der Waals surface area contributed by atoms with E-state index in [0.717, 1.165) is 130 Å². The lowest BCUT2D eigenvalue weighted by Crippen LogP contribution is -2.27. The van der Waals surface area contributed by atoms with E-state index in [-0.39, 0.29) is 6.04 Å². The lowest BCUT2D eigenvalue weighted by Gasteiger charge is -2.23. The van der Waals surface area contributed by atoms with Gasteiger partial charge in [0.25, 0.3) is 0 Å². The van der Waals surface area contributed by atoms with Gasteiger partial charge in [-0.2, -0.15) is 12.6 Å². The molecule has 2 unspecified atom stereocenters. The number of dihydropyridines is 1. The zero-order valence-electron chi connectivity index (χ0n) is 45.1. The molecule has 0 radical (unpaired) electrons. The Kier molecular flexibility index (Phi) is 31.2. The van der Waals surface area contributed by atoms with Crippen molar-refractivity contribution in [2.75, 3.05) is 30.7 Å². The molecule has 4 rings (SSSR count). The topological polar surface area (TPSA) is 60.5 Å². The van der Waals surface area contributed by atoms with Gasteiger partial charge in [0.05, 0.1) is 12.6 Å². The molecule has 4 N–H and O–H groups in total. The van der Waals surface area contributed by atoms with Crippen molar-refractivity contribution < 1.29 is 0 Å². The highest BCUT2D eigenvalue weighted by Crippen LogP contribution is 2.27. The van der Waals surface area contributed by atoms with Crippen LogP contribution in [0.3, 0.4) is 0 Å². The summed E-state index contributed by atoms with van der Waals surface area (Å²) in [5, 5.41) is 13.9. The Balaban J connectivity index is 0.000000413. The van der Waals surface area contributed by atoms with E-state index >= 15 is 0 Å². The van der Waals surface area contributed by atoms with E-state index in [1.807, 2.05) is 6.92 Å². The minimum Gasteiger partial charge on any atom is -0.389 e. The molecule has 382 valence electrons. The maximum Gasteiger partial charge on any atom is 0.0548 e. The Morgan fingerprint density at radius 1 is 0.686 bits per heavy atom. The smallest absolute Gasteiger partial charge is 0.0548 e. The van der Waals surface area contributed by atoms with Crippen LogP contribution in [0.5, 0.6) is 0 Å². The molecule has 0 saturated carbocycles. The monoisotopic (exact) mass is 966 g/mol. The van der Waals surface area contributed by atoms with Crippen molar-refractivity contribution in [2.24, 2.45) is 10.9 Å². The van der Waals surface area contributed by atoms with Gasteiger partial charge in [-0.05, 0) is 169 Å². The van der Waals surface area contributed by atoms with Gasteiger partial charge in [-0.15, -0.1) is 6.58 Å². The van der Waals surface area contributed by atoms with Gasteiger partial charge in [-0.3, -0.25) is 4.99 Å². The number of allylic oxidation sites excluding steroid dienone is 6. The van der Waals surface area contributed by atoms with Crippen LogP contribution in [-0.2, 0) is 12.8 Å². The van der Waals surface area contributed by atoms with E-state index in [1.54, 1.807) is 0 Å². The highest BCUT2D eigenvalue weighted by molar-refractivity contribution is 7.80. The third kappa shape index (κ3) is 28.5. The van der Waals surface area contributed by atoms with Crippen molar-refractivity contribution >= 4 is 24.0 Å². The average Bonchev–Trinajstić information content (AvgIpc) is 3.31. The Morgan fingerprint density at radius 2 is 1.36 bits per heavy atom. The molecule has 3 aromatic rings. The summed E-state index contributed by atoms with van der Waals surface area (Å²) in [4.78, 5) is 4.22. The molecule has 1 aliphatic rings. The molecule has 0 amide bonds. The lowest BCUT2D eigenvalue weighted by molar-refractivity contribution is 0.474. The van der Waals surface area contributed by atoms with Gasteiger partial charge < -0.3 is 21.3 Å². The number of benzene rings is 3. The van der Waals surface area contributed by atoms with Crippen LogP contribution < -0.4 is 21.3 Å². The summed E-state index contributed by atoms with van der Waals surface area (Å²) in [7, 11) is 0. The highest BCUT2D eigenvalue weighted by atomic mass is 32.1. The molecule has 5 nitrogen and oxygen atoms in total. The predicted octanol–water partition coefficient (Wildman–Crippen LogP) is 17.6. The van der Waals surface area contributed by atoms with E-state index < -0.39 is 0 Å². The van der Waals surface area contributed by atoms with Crippen LogP contribution in [0.25, 0.3) is 11.1 Å². The predicted molar refractivity (Wildman–Crippen MR) is 317 cm³/mol. The van der Waals surface area contributed by atoms with Crippen LogP contribution in [0, 0.1) is 5.92 Å². The van der Waals surface area contributed by atoms with Crippen LogP contribution in [0.2, 0.25) is 0 Å². The normalized spacial score (nSPS) is 12.5. The second-order valence-electron chi connectivity index (χ2n) is 19.8. The van der Waals surface area contributed by atoms with Crippen molar-refractivity contribution in [3.8, 4) is 11.1 Å². The molecule has 0 saturated heterocycles. The van der Waals surface area contributed by atoms with Crippen molar-refractivity contribution in [1.29, 1.82) is 0 Å². The second kappa shape index (κ2) is 35.8. The van der Waals surface area contributed by atoms with Crippen LogP contribution in [0.15, 0.2) is 175 Å². The van der Waals surface area contributed by atoms with Gasteiger partial charge in [0.1, 0.15) is 0 Å². The molecule has 3 aromatic carbocycles. The molecule has 2 atom stereocenters. The minimum absolute atomic E-state index is 0.153. The first-order valence-corrected chi connectivity index (χ1v) is 26.9. The molecule has 0 aliphatic carbocycles. The number of aryl methyl sites for hydroxylation is 2. The number of rotatable bonds is 32. The third-order valence-electron chi connectivity index (χ3n) is 12.2. The van der Waals surface area contributed by atoms with Gasteiger partial charge in [-0.1, -0.05) is 162 Å². The Bertz CT molecular complexity index is 2140. The van der Waals surface area contributed by atoms with Crippen LogP contribution in [0.4, 0.5) is 5.69 Å². The Labute approximate surface area is 434 Å². The van der Waals surface area contributed by atoms with Crippen molar-refractivity contribution in [3.63, 3.8) is 0 Å². The summed E-state index contributed by atoms with van der Waals surface area (Å²) < 4.78 is 0. The number of unbranched alkanes of at least 4 members (excludes halogenated alkanes) is 2. The van der Waals surface area contributed by atoms with E-state index in [0.29, 0.717) is 6.54 Å². The van der Waals surface area contributed by atoms with E-state index in [1.165, 1.54) is 81.6 Å². The fraction of sp³-hybridized carbons (Fsp3) is 0.453. The molecule has 1 heterocycles. The SMILES string of the molecule is C=C(C)CC(=C)CCc1ccc(NC(=C)CCCCC(=C)NCCC(C)CCC)cc1.C=C(C)CC(NC(=C)CNC(=C)CCCC)c1ccc(-c2cccc(CCS)c2)cc1.CC1=CC(C)=NCC1. The van der Waals surface area contributed by atoms with Crippen molar-refractivity contribution in [1.82, 2.24) is 16.0 Å². The van der Waals surface area contributed by atoms with Gasteiger partial charge in [-0.25, -0.2) is 0 Å². The van der Waals surface area contributed by atoms with E-state index in [4.69, 9.17) is 0 Å². The van der Waals surface area contributed by atoms with Crippen molar-refractivity contribution in [2.45, 2.75) is 157 Å². The number of nitrogens with one attached hydrogen (secondary N) is 4. The summed E-state index contributed by atoms with van der Waals surface area (Å²) in [5.41, 5.74) is 18.0. The largest absolute Gasteiger partial charge is 0.389 e. The fourth-order valence-electron chi connectivity index (χ4n) is 8.19. The molecule has 0 spiro atoms. The Morgan fingerprint density at radius 3 is 1.96 bits per heavy atom. The third-order valence-corrected chi connectivity index (χ3v) is 12.4. The summed E-state index contributed by atoms with van der Waals surface area (Å²) in [6, 6.07) is 26.4. The van der Waals surface area contributed by atoms with E-state index in [9.17, 15) is 0 Å². The molecule has 0 fully saturated rings. The summed E-state index contributed by atoms with van der Waals surface area (Å²) in [6.07, 6.45) is 19.6. The molecule has 0 aromatic heterocycles. The molecule has 1 aliphatic heterocycles. The number of thiol groups is 1. The first-order chi connectivity index (χ1) is 33.5. The highest BCUT2D eigenvalue weighted by Gasteiger charge is 2.13. The standard InChI is InChI=1S/C29H46N2.C28H38N2S.C7H11N/c1-8-11-24(4)20-21-30-26(6)12-9-10-13-27(7)31-29-18-16-28(17-19-29)15-14-25(5)22-23(2)3;1-6-7-9-22(4)29-20-23(5)30-28(18-21(2)3)26-14-12-25(13-15-26)27-11-8-10-24(19-27)16-17-31;1-6-3-4-8-7(2)5-6/h16-19,24,30-31H,2,5-15,20-22H2,1,3-4H3;8,10-15,19,28-31H,2,4-7,9,16-18,20H2,1,3H3;5H,3-4H2,1-2H3. The van der Waals surface area contributed by atoms with Gasteiger partial charge in [0, 0.05) is 47.3 Å². The molecular formula is C64H95N5S. The van der Waals surface area contributed by atoms with E-state index in [2.05, 4.69) is 205 Å². The Hall–Kier alpha value is -5.20. The van der Waals surface area contributed by atoms with Gasteiger partial charge >= 0.3 is 0 Å². The number of aliphatic imine (C=N–C) groups is 1. The van der Waals surface area contributed by atoms with Crippen molar-refractivity contribution in [3.05, 3.63) is 187 Å². The van der Waals surface area contributed by atoms with Crippen LogP contribution >= 0.6 is 12.6 Å². The summed E-state index contributed by atoms with van der Waals surface area (Å²) >= 11 is 4.35.